The van der Waals surface area contributed by atoms with Crippen LogP contribution >= 0.6 is 0 Å². The summed E-state index contributed by atoms with van der Waals surface area (Å²) in [6.45, 7) is 7.49. The van der Waals surface area contributed by atoms with Gasteiger partial charge in [-0.1, -0.05) is 30.3 Å². The van der Waals surface area contributed by atoms with Crippen LogP contribution in [0.4, 0.5) is 11.5 Å². The van der Waals surface area contributed by atoms with Gasteiger partial charge in [-0.2, -0.15) is 0 Å². The van der Waals surface area contributed by atoms with Crippen LogP contribution in [0.3, 0.4) is 0 Å². The molecule has 2 amide bonds. The summed E-state index contributed by atoms with van der Waals surface area (Å²) in [7, 11) is 0. The van der Waals surface area contributed by atoms with Gasteiger partial charge in [0.15, 0.2) is 6.10 Å². The number of carbonyl (C=O) groups is 2. The van der Waals surface area contributed by atoms with Gasteiger partial charge in [0.05, 0.1) is 5.56 Å². The van der Waals surface area contributed by atoms with Gasteiger partial charge in [0.2, 0.25) is 0 Å². The maximum atomic E-state index is 12.5. The Kier molecular flexibility index (Phi) is 6.90. The molecule has 0 aliphatic carbocycles. The van der Waals surface area contributed by atoms with Gasteiger partial charge in [0.25, 0.3) is 11.8 Å². The molecular formula is C25H28N4O3. The SMILES string of the molecule is Cc1cc(NC(=O)C(O)c2ccccc2C)ccc1-c1cnc(N)c(C(=O)NC(C)C)c1. The highest BCUT2D eigenvalue weighted by Crippen LogP contribution is 2.28. The van der Waals surface area contributed by atoms with E-state index in [4.69, 9.17) is 5.73 Å². The number of nitrogens with one attached hydrogen (secondary N) is 2. The summed E-state index contributed by atoms with van der Waals surface area (Å²) in [6, 6.07) is 14.3. The second kappa shape index (κ2) is 9.62. The monoisotopic (exact) mass is 432 g/mol. The van der Waals surface area contributed by atoms with Crippen molar-refractivity contribution in [2.45, 2.75) is 39.8 Å². The summed E-state index contributed by atoms with van der Waals surface area (Å²) >= 11 is 0. The smallest absolute Gasteiger partial charge is 0.257 e. The van der Waals surface area contributed by atoms with E-state index in [1.165, 1.54) is 0 Å². The molecule has 0 fully saturated rings. The maximum absolute atomic E-state index is 12.5. The number of aromatic nitrogens is 1. The number of nitrogens with two attached hydrogens (primary N) is 1. The van der Waals surface area contributed by atoms with Crippen molar-refractivity contribution in [1.29, 1.82) is 0 Å². The second-order valence-electron chi connectivity index (χ2n) is 8.06. The number of pyridine rings is 1. The lowest BCUT2D eigenvalue weighted by Gasteiger charge is -2.15. The Morgan fingerprint density at radius 3 is 2.41 bits per heavy atom. The number of benzene rings is 2. The van der Waals surface area contributed by atoms with Crippen LogP contribution in [0.15, 0.2) is 54.7 Å². The normalized spacial score (nSPS) is 11.8. The van der Waals surface area contributed by atoms with Crippen LogP contribution in [0.1, 0.15) is 47.0 Å². The molecule has 2 aromatic carbocycles. The molecule has 1 aromatic heterocycles. The highest BCUT2D eigenvalue weighted by molar-refractivity contribution is 6.00. The quantitative estimate of drug-likeness (QED) is 0.473. The molecule has 0 bridgehead atoms. The lowest BCUT2D eigenvalue weighted by Crippen LogP contribution is -2.30. The van der Waals surface area contributed by atoms with Crippen molar-refractivity contribution in [3.8, 4) is 11.1 Å². The van der Waals surface area contributed by atoms with Crippen LogP contribution in [0.5, 0.6) is 0 Å². The van der Waals surface area contributed by atoms with Crippen molar-refractivity contribution in [2.75, 3.05) is 11.1 Å². The molecule has 0 spiro atoms. The Hall–Kier alpha value is -3.71. The van der Waals surface area contributed by atoms with Crippen LogP contribution in [0.25, 0.3) is 11.1 Å². The number of rotatable bonds is 6. The number of anilines is 2. The Labute approximate surface area is 187 Å². The first kappa shape index (κ1) is 23.0. The van der Waals surface area contributed by atoms with Gasteiger partial charge in [0, 0.05) is 23.5 Å². The minimum absolute atomic E-state index is 0.0230. The standard InChI is InChI=1S/C25H28N4O3/c1-14(2)28-24(31)21-12-17(13-27-23(21)26)19-10-9-18(11-16(19)4)29-25(32)22(30)20-8-6-5-7-15(20)3/h5-14,22,30H,1-4H3,(H2,26,27)(H,28,31)(H,29,32). The molecule has 0 aliphatic rings. The van der Waals surface area contributed by atoms with E-state index in [2.05, 4.69) is 15.6 Å². The van der Waals surface area contributed by atoms with E-state index in [1.807, 2.05) is 52.0 Å². The Bertz CT molecular complexity index is 1160. The third-order valence-electron chi connectivity index (χ3n) is 5.12. The number of hydrogen-bond acceptors (Lipinski definition) is 5. The fraction of sp³-hybridized carbons (Fsp3) is 0.240. The van der Waals surface area contributed by atoms with Crippen molar-refractivity contribution in [2.24, 2.45) is 0 Å². The molecule has 0 saturated heterocycles. The average molecular weight is 433 g/mol. The van der Waals surface area contributed by atoms with Crippen LogP contribution in [0, 0.1) is 13.8 Å². The van der Waals surface area contributed by atoms with E-state index in [-0.39, 0.29) is 17.8 Å². The van der Waals surface area contributed by atoms with Gasteiger partial charge in [-0.3, -0.25) is 9.59 Å². The predicted octanol–water partition coefficient (Wildman–Crippen LogP) is 3.76. The summed E-state index contributed by atoms with van der Waals surface area (Å²) in [4.78, 5) is 29.1. The van der Waals surface area contributed by atoms with Gasteiger partial charge in [-0.15, -0.1) is 0 Å². The molecule has 0 radical (unpaired) electrons. The van der Waals surface area contributed by atoms with Gasteiger partial charge in [-0.05, 0) is 68.1 Å². The van der Waals surface area contributed by atoms with Crippen LogP contribution in [-0.2, 0) is 4.79 Å². The number of hydrogen-bond donors (Lipinski definition) is 4. The number of aliphatic hydroxyl groups excluding tert-OH is 1. The molecule has 3 aromatic rings. The maximum Gasteiger partial charge on any atom is 0.257 e. The largest absolute Gasteiger partial charge is 0.383 e. The van der Waals surface area contributed by atoms with Crippen LogP contribution in [-0.4, -0.2) is 27.9 Å². The Morgan fingerprint density at radius 1 is 1.03 bits per heavy atom. The van der Waals surface area contributed by atoms with Crippen molar-refractivity contribution >= 4 is 23.3 Å². The third kappa shape index (κ3) is 5.12. The van der Waals surface area contributed by atoms with E-state index in [0.717, 1.165) is 22.3 Å². The third-order valence-corrected chi connectivity index (χ3v) is 5.12. The molecule has 7 heteroatoms. The van der Waals surface area contributed by atoms with E-state index < -0.39 is 12.0 Å². The Balaban J connectivity index is 1.82. The molecule has 1 atom stereocenters. The fourth-order valence-corrected chi connectivity index (χ4v) is 3.46. The summed E-state index contributed by atoms with van der Waals surface area (Å²) < 4.78 is 0. The van der Waals surface area contributed by atoms with E-state index in [9.17, 15) is 14.7 Å². The number of aliphatic hydroxyl groups is 1. The lowest BCUT2D eigenvalue weighted by atomic mass is 9.99. The van der Waals surface area contributed by atoms with Gasteiger partial charge < -0.3 is 21.5 Å². The van der Waals surface area contributed by atoms with Crippen LogP contribution < -0.4 is 16.4 Å². The molecule has 1 unspecified atom stereocenters. The average Bonchev–Trinajstić information content (AvgIpc) is 2.73. The summed E-state index contributed by atoms with van der Waals surface area (Å²) in [6.07, 6.45) is 0.351. The summed E-state index contributed by atoms with van der Waals surface area (Å²) in [5.41, 5.74) is 10.7. The van der Waals surface area contributed by atoms with Crippen LogP contribution in [0.2, 0.25) is 0 Å². The second-order valence-corrected chi connectivity index (χ2v) is 8.06. The molecule has 0 aliphatic heterocycles. The van der Waals surface area contributed by atoms with Crippen molar-refractivity contribution in [3.63, 3.8) is 0 Å². The number of carbonyl (C=O) groups excluding carboxylic acids is 2. The van der Waals surface area contributed by atoms with Crippen molar-refractivity contribution in [3.05, 3.63) is 77.0 Å². The first-order valence-electron chi connectivity index (χ1n) is 10.4. The zero-order valence-electron chi connectivity index (χ0n) is 18.6. The molecular weight excluding hydrogens is 404 g/mol. The summed E-state index contributed by atoms with van der Waals surface area (Å²) in [5, 5.41) is 16.0. The number of nitrogens with zero attached hydrogens (tertiary/aromatic N) is 1. The molecule has 32 heavy (non-hydrogen) atoms. The van der Waals surface area contributed by atoms with E-state index >= 15 is 0 Å². The fourth-order valence-electron chi connectivity index (χ4n) is 3.46. The first-order valence-corrected chi connectivity index (χ1v) is 10.4. The first-order chi connectivity index (χ1) is 15.2. The molecule has 1 heterocycles. The molecule has 166 valence electrons. The highest BCUT2D eigenvalue weighted by atomic mass is 16.3. The zero-order chi connectivity index (χ0) is 23.4. The number of nitrogen functional groups attached to an aromatic ring is 1. The predicted molar refractivity (Wildman–Crippen MR) is 126 cm³/mol. The number of aryl methyl sites for hydroxylation is 2. The molecule has 7 nitrogen and oxygen atoms in total. The number of amides is 2. The van der Waals surface area contributed by atoms with E-state index in [0.29, 0.717) is 16.8 Å². The van der Waals surface area contributed by atoms with Crippen molar-refractivity contribution < 1.29 is 14.7 Å². The molecule has 5 N–H and O–H groups in total. The minimum Gasteiger partial charge on any atom is -0.383 e. The topological polar surface area (TPSA) is 117 Å². The van der Waals surface area contributed by atoms with Gasteiger partial charge >= 0.3 is 0 Å². The molecule has 3 rings (SSSR count). The highest BCUT2D eigenvalue weighted by Gasteiger charge is 2.19. The van der Waals surface area contributed by atoms with Gasteiger partial charge in [-0.25, -0.2) is 4.98 Å². The molecule has 0 saturated carbocycles. The summed E-state index contributed by atoms with van der Waals surface area (Å²) in [5.74, 6) is -0.620. The Morgan fingerprint density at radius 2 is 1.75 bits per heavy atom. The lowest BCUT2D eigenvalue weighted by molar-refractivity contribution is -0.124. The zero-order valence-corrected chi connectivity index (χ0v) is 18.6. The van der Waals surface area contributed by atoms with E-state index in [1.54, 1.807) is 30.5 Å². The van der Waals surface area contributed by atoms with Crippen molar-refractivity contribution in [1.82, 2.24) is 10.3 Å². The minimum atomic E-state index is -1.26. The van der Waals surface area contributed by atoms with Gasteiger partial charge in [0.1, 0.15) is 5.82 Å².